The molecule has 186 valence electrons. The van der Waals surface area contributed by atoms with Crippen molar-refractivity contribution < 1.29 is 27.1 Å². The Morgan fingerprint density at radius 1 is 0.971 bits per heavy atom. The topological polar surface area (TPSA) is 84.9 Å². The standard InChI is InChI=1S/C26H29FN2O5S/c1-19-6-13-23(14-7-19)35(31,32)29(24-17-22(33-2)12-15-25(24)34-3)18-26(30)28-16-4-5-20-8-10-21(27)11-9-20/h6-15,17H,4-5,16,18H2,1-3H3,(H,28,30). The Morgan fingerprint density at radius 2 is 1.66 bits per heavy atom. The van der Waals surface area contributed by atoms with E-state index < -0.39 is 22.5 Å². The van der Waals surface area contributed by atoms with Crippen LogP contribution in [0.4, 0.5) is 10.1 Å². The summed E-state index contributed by atoms with van der Waals surface area (Å²) in [4.78, 5) is 12.9. The Labute approximate surface area is 205 Å². The number of halogens is 1. The fourth-order valence-corrected chi connectivity index (χ4v) is 4.91. The fraction of sp³-hybridized carbons (Fsp3) is 0.269. The summed E-state index contributed by atoms with van der Waals surface area (Å²) in [5.74, 6) is -0.0650. The van der Waals surface area contributed by atoms with Crippen molar-refractivity contribution in [1.82, 2.24) is 5.32 Å². The number of ether oxygens (including phenoxy) is 2. The number of carbonyl (C=O) groups is 1. The lowest BCUT2D eigenvalue weighted by atomic mass is 10.1. The predicted octanol–water partition coefficient (Wildman–Crippen LogP) is 4.10. The summed E-state index contributed by atoms with van der Waals surface area (Å²) in [5.41, 5.74) is 2.05. The first-order valence-electron chi connectivity index (χ1n) is 11.1. The molecule has 0 aliphatic rings. The predicted molar refractivity (Wildman–Crippen MR) is 133 cm³/mol. The highest BCUT2D eigenvalue weighted by Gasteiger charge is 2.30. The molecule has 9 heteroatoms. The summed E-state index contributed by atoms with van der Waals surface area (Å²) in [6.45, 7) is 1.75. The number of benzene rings is 3. The minimum atomic E-state index is -4.10. The third-order valence-electron chi connectivity index (χ3n) is 5.43. The van der Waals surface area contributed by atoms with Gasteiger partial charge in [-0.2, -0.15) is 0 Å². The number of hydrogen-bond acceptors (Lipinski definition) is 5. The number of nitrogens with zero attached hydrogens (tertiary/aromatic N) is 1. The second-order valence-corrected chi connectivity index (χ2v) is 9.80. The molecule has 0 heterocycles. The van der Waals surface area contributed by atoms with Crippen molar-refractivity contribution >= 4 is 21.6 Å². The molecule has 0 saturated carbocycles. The minimum Gasteiger partial charge on any atom is -0.497 e. The van der Waals surface area contributed by atoms with Gasteiger partial charge >= 0.3 is 0 Å². The summed E-state index contributed by atoms with van der Waals surface area (Å²) in [5, 5.41) is 2.77. The molecule has 0 saturated heterocycles. The quantitative estimate of drug-likeness (QED) is 0.401. The van der Waals surface area contributed by atoms with E-state index in [9.17, 15) is 17.6 Å². The first-order chi connectivity index (χ1) is 16.7. The lowest BCUT2D eigenvalue weighted by molar-refractivity contribution is -0.119. The van der Waals surface area contributed by atoms with Gasteiger partial charge in [-0.15, -0.1) is 0 Å². The molecule has 35 heavy (non-hydrogen) atoms. The highest BCUT2D eigenvalue weighted by molar-refractivity contribution is 7.92. The van der Waals surface area contributed by atoms with Crippen LogP contribution in [-0.4, -0.2) is 41.6 Å². The molecule has 0 radical (unpaired) electrons. The van der Waals surface area contributed by atoms with E-state index in [0.29, 0.717) is 25.1 Å². The molecule has 0 bridgehead atoms. The maximum Gasteiger partial charge on any atom is 0.264 e. The Morgan fingerprint density at radius 3 is 2.29 bits per heavy atom. The van der Waals surface area contributed by atoms with E-state index in [-0.39, 0.29) is 22.1 Å². The second kappa shape index (κ2) is 11.7. The van der Waals surface area contributed by atoms with E-state index in [1.807, 2.05) is 6.92 Å². The number of anilines is 1. The van der Waals surface area contributed by atoms with Crippen LogP contribution in [0.5, 0.6) is 11.5 Å². The SMILES string of the molecule is COc1ccc(OC)c(N(CC(=O)NCCCc2ccc(F)cc2)S(=O)(=O)c2ccc(C)cc2)c1. The lowest BCUT2D eigenvalue weighted by Crippen LogP contribution is -2.41. The number of hydrogen-bond donors (Lipinski definition) is 1. The van der Waals surface area contributed by atoms with Crippen molar-refractivity contribution in [3.63, 3.8) is 0 Å². The molecule has 1 N–H and O–H groups in total. The third kappa shape index (κ3) is 6.73. The van der Waals surface area contributed by atoms with Gasteiger partial charge in [-0.25, -0.2) is 12.8 Å². The molecule has 0 aliphatic carbocycles. The molecule has 0 spiro atoms. The molecular formula is C26H29FN2O5S. The Kier molecular flexibility index (Phi) is 8.70. The van der Waals surface area contributed by atoms with Crippen LogP contribution in [0.15, 0.2) is 71.6 Å². The normalized spacial score (nSPS) is 11.1. The number of nitrogens with one attached hydrogen (secondary N) is 1. The number of rotatable bonds is 11. The summed E-state index contributed by atoms with van der Waals surface area (Å²) >= 11 is 0. The zero-order chi connectivity index (χ0) is 25.4. The van der Waals surface area contributed by atoms with Crippen LogP contribution in [0.25, 0.3) is 0 Å². The fourth-order valence-electron chi connectivity index (χ4n) is 3.49. The minimum absolute atomic E-state index is 0.0529. The van der Waals surface area contributed by atoms with Gasteiger partial charge in [0.2, 0.25) is 5.91 Å². The van der Waals surface area contributed by atoms with Crippen LogP contribution in [0.1, 0.15) is 17.5 Å². The first kappa shape index (κ1) is 26.0. The van der Waals surface area contributed by atoms with Crippen molar-refractivity contribution in [2.24, 2.45) is 0 Å². The molecule has 3 aromatic carbocycles. The van der Waals surface area contributed by atoms with E-state index in [0.717, 1.165) is 15.4 Å². The third-order valence-corrected chi connectivity index (χ3v) is 7.20. The van der Waals surface area contributed by atoms with E-state index in [4.69, 9.17) is 9.47 Å². The molecule has 3 rings (SSSR count). The highest BCUT2D eigenvalue weighted by Crippen LogP contribution is 2.35. The Hall–Kier alpha value is -3.59. The average molecular weight is 501 g/mol. The molecule has 0 atom stereocenters. The molecule has 0 unspecified atom stereocenters. The van der Waals surface area contributed by atoms with Gasteiger partial charge in [0.1, 0.15) is 23.9 Å². The van der Waals surface area contributed by atoms with Gasteiger partial charge in [0, 0.05) is 12.6 Å². The van der Waals surface area contributed by atoms with Crippen molar-refractivity contribution in [2.75, 3.05) is 31.6 Å². The van der Waals surface area contributed by atoms with Crippen molar-refractivity contribution in [3.05, 3.63) is 83.7 Å². The van der Waals surface area contributed by atoms with Crippen molar-refractivity contribution in [1.29, 1.82) is 0 Å². The smallest absolute Gasteiger partial charge is 0.264 e. The zero-order valence-corrected chi connectivity index (χ0v) is 20.8. The van der Waals surface area contributed by atoms with Crippen LogP contribution in [0.2, 0.25) is 0 Å². The molecular weight excluding hydrogens is 471 g/mol. The van der Waals surface area contributed by atoms with E-state index in [2.05, 4.69) is 5.32 Å². The number of carbonyl (C=O) groups excluding carboxylic acids is 1. The van der Waals surface area contributed by atoms with Crippen LogP contribution in [0, 0.1) is 12.7 Å². The van der Waals surface area contributed by atoms with Crippen LogP contribution in [0.3, 0.4) is 0 Å². The summed E-state index contributed by atoms with van der Waals surface area (Å²) < 4.78 is 52.0. The number of amides is 1. The molecule has 0 fully saturated rings. The van der Waals surface area contributed by atoms with Gasteiger partial charge in [-0.3, -0.25) is 9.10 Å². The summed E-state index contributed by atoms with van der Waals surface area (Å²) in [7, 11) is -1.20. The van der Waals surface area contributed by atoms with Crippen LogP contribution < -0.4 is 19.1 Å². The van der Waals surface area contributed by atoms with Crippen molar-refractivity contribution in [2.45, 2.75) is 24.7 Å². The zero-order valence-electron chi connectivity index (χ0n) is 20.0. The average Bonchev–Trinajstić information content (AvgIpc) is 2.86. The van der Waals surface area contributed by atoms with E-state index >= 15 is 0 Å². The largest absolute Gasteiger partial charge is 0.497 e. The van der Waals surface area contributed by atoms with Crippen LogP contribution >= 0.6 is 0 Å². The Balaban J connectivity index is 1.81. The maximum atomic E-state index is 13.6. The molecule has 0 aromatic heterocycles. The summed E-state index contributed by atoms with van der Waals surface area (Å²) in [6, 6.07) is 17.3. The van der Waals surface area contributed by atoms with E-state index in [1.165, 1.54) is 44.6 Å². The summed E-state index contributed by atoms with van der Waals surface area (Å²) in [6.07, 6.45) is 1.26. The monoisotopic (exact) mass is 500 g/mol. The van der Waals surface area contributed by atoms with E-state index in [1.54, 1.807) is 36.4 Å². The maximum absolute atomic E-state index is 13.6. The Bertz CT molecular complexity index is 1250. The van der Waals surface area contributed by atoms with Gasteiger partial charge in [0.15, 0.2) is 0 Å². The lowest BCUT2D eigenvalue weighted by Gasteiger charge is -2.26. The van der Waals surface area contributed by atoms with Crippen LogP contribution in [-0.2, 0) is 21.2 Å². The number of methoxy groups -OCH3 is 2. The van der Waals surface area contributed by atoms with Gasteiger partial charge in [0.25, 0.3) is 10.0 Å². The van der Waals surface area contributed by atoms with Gasteiger partial charge in [-0.1, -0.05) is 29.8 Å². The first-order valence-corrected chi connectivity index (χ1v) is 12.5. The number of sulfonamides is 1. The number of aryl methyl sites for hydroxylation is 2. The van der Waals surface area contributed by atoms with Gasteiger partial charge in [0.05, 0.1) is 24.8 Å². The second-order valence-electron chi connectivity index (χ2n) is 7.94. The molecule has 1 amide bonds. The molecule has 7 nitrogen and oxygen atoms in total. The molecule has 0 aliphatic heterocycles. The highest BCUT2D eigenvalue weighted by atomic mass is 32.2. The molecule has 3 aromatic rings. The van der Waals surface area contributed by atoms with Gasteiger partial charge in [-0.05, 0) is 61.7 Å². The van der Waals surface area contributed by atoms with Gasteiger partial charge < -0.3 is 14.8 Å². The van der Waals surface area contributed by atoms with Crippen molar-refractivity contribution in [3.8, 4) is 11.5 Å².